The van der Waals surface area contributed by atoms with Crippen molar-refractivity contribution in [3.05, 3.63) is 82.7 Å². The molecule has 4 rings (SSSR count). The van der Waals surface area contributed by atoms with E-state index in [1.165, 1.54) is 11.6 Å². The first-order valence-electron chi connectivity index (χ1n) is 9.52. The van der Waals surface area contributed by atoms with Crippen LogP contribution >= 0.6 is 0 Å². The molecule has 3 aromatic carbocycles. The van der Waals surface area contributed by atoms with Crippen LogP contribution in [0.2, 0.25) is 0 Å². The van der Waals surface area contributed by atoms with Crippen molar-refractivity contribution in [2.45, 2.75) is 13.3 Å². The van der Waals surface area contributed by atoms with Gasteiger partial charge in [0.05, 0.1) is 19.6 Å². The lowest BCUT2D eigenvalue weighted by atomic mass is 9.96. The Kier molecular flexibility index (Phi) is 5.09. The van der Waals surface area contributed by atoms with E-state index in [1.54, 1.807) is 26.4 Å². The molecule has 0 aliphatic rings. The molecule has 0 N–H and O–H groups in total. The molecule has 1 aromatic heterocycles. The predicted molar refractivity (Wildman–Crippen MR) is 116 cm³/mol. The lowest BCUT2D eigenvalue weighted by Gasteiger charge is -2.13. The number of aryl methyl sites for hydroxylation is 1. The third-order valence-electron chi connectivity index (χ3n) is 5.11. The van der Waals surface area contributed by atoms with Crippen LogP contribution in [0, 0.1) is 0 Å². The number of methoxy groups -OCH3 is 2. The summed E-state index contributed by atoms with van der Waals surface area (Å²) >= 11 is 0. The molecule has 0 aliphatic carbocycles. The highest BCUT2D eigenvalue weighted by atomic mass is 16.5. The minimum absolute atomic E-state index is 0.416. The van der Waals surface area contributed by atoms with Gasteiger partial charge in [-0.25, -0.2) is 4.79 Å². The van der Waals surface area contributed by atoms with Crippen LogP contribution in [-0.4, -0.2) is 14.2 Å². The van der Waals surface area contributed by atoms with Gasteiger partial charge in [-0.05, 0) is 34.7 Å². The summed E-state index contributed by atoms with van der Waals surface area (Å²) in [4.78, 5) is 12.3. The van der Waals surface area contributed by atoms with E-state index in [4.69, 9.17) is 13.9 Å². The molecule has 0 amide bonds. The summed E-state index contributed by atoms with van der Waals surface area (Å²) in [7, 11) is 3.16. The van der Waals surface area contributed by atoms with E-state index < -0.39 is 5.63 Å². The van der Waals surface area contributed by atoms with Crippen LogP contribution in [0.15, 0.2) is 75.9 Å². The van der Waals surface area contributed by atoms with E-state index in [0.29, 0.717) is 17.1 Å². The largest absolute Gasteiger partial charge is 0.496 e. The summed E-state index contributed by atoms with van der Waals surface area (Å²) in [5, 5.41) is 0.742. The second kappa shape index (κ2) is 7.84. The number of benzene rings is 3. The summed E-state index contributed by atoms with van der Waals surface area (Å²) in [5.41, 5.74) is 5.22. The van der Waals surface area contributed by atoms with Gasteiger partial charge in [0.1, 0.15) is 17.1 Å². The van der Waals surface area contributed by atoms with E-state index >= 15 is 0 Å². The molecular weight excluding hydrogens is 364 g/mol. The van der Waals surface area contributed by atoms with Gasteiger partial charge in [-0.2, -0.15) is 0 Å². The van der Waals surface area contributed by atoms with Crippen LogP contribution in [0.3, 0.4) is 0 Å². The van der Waals surface area contributed by atoms with Crippen LogP contribution in [-0.2, 0) is 6.42 Å². The quantitative estimate of drug-likeness (QED) is 0.412. The summed E-state index contributed by atoms with van der Waals surface area (Å²) in [6.07, 6.45) is 1.01. The van der Waals surface area contributed by atoms with Crippen LogP contribution in [0.4, 0.5) is 0 Å². The number of hydrogen-bond donors (Lipinski definition) is 0. The average molecular weight is 386 g/mol. The average Bonchev–Trinajstić information content (AvgIpc) is 2.77. The van der Waals surface area contributed by atoms with Crippen molar-refractivity contribution >= 4 is 11.0 Å². The van der Waals surface area contributed by atoms with Gasteiger partial charge in [0, 0.05) is 23.8 Å². The molecule has 4 aromatic rings. The SMILES string of the molecule is CCc1ccc(-c2cccc(-c3cc(=O)oc4cc(OC)cc(OC)c34)c2)cc1. The van der Waals surface area contributed by atoms with Crippen LogP contribution in [0.25, 0.3) is 33.2 Å². The molecular formula is C25H22O4. The van der Waals surface area contributed by atoms with Gasteiger partial charge in [0.2, 0.25) is 0 Å². The van der Waals surface area contributed by atoms with Crippen LogP contribution in [0.5, 0.6) is 11.5 Å². The van der Waals surface area contributed by atoms with E-state index in [2.05, 4.69) is 43.3 Å². The molecule has 0 saturated carbocycles. The summed E-state index contributed by atoms with van der Waals surface area (Å²) < 4.78 is 16.3. The fourth-order valence-electron chi connectivity index (χ4n) is 3.55. The molecule has 0 spiro atoms. The fourth-order valence-corrected chi connectivity index (χ4v) is 3.55. The van der Waals surface area contributed by atoms with Gasteiger partial charge < -0.3 is 13.9 Å². The molecule has 4 heteroatoms. The first-order chi connectivity index (χ1) is 14.1. The van der Waals surface area contributed by atoms with Gasteiger partial charge in [-0.1, -0.05) is 49.4 Å². The van der Waals surface area contributed by atoms with E-state index in [9.17, 15) is 4.79 Å². The zero-order chi connectivity index (χ0) is 20.4. The molecule has 0 saturated heterocycles. The van der Waals surface area contributed by atoms with Crippen molar-refractivity contribution in [2.24, 2.45) is 0 Å². The maximum absolute atomic E-state index is 12.3. The molecule has 146 valence electrons. The minimum Gasteiger partial charge on any atom is -0.496 e. The van der Waals surface area contributed by atoms with Crippen molar-refractivity contribution in [3.8, 4) is 33.8 Å². The molecule has 0 fully saturated rings. The monoisotopic (exact) mass is 386 g/mol. The number of hydrogen-bond acceptors (Lipinski definition) is 4. The van der Waals surface area contributed by atoms with E-state index in [1.807, 2.05) is 12.1 Å². The smallest absolute Gasteiger partial charge is 0.336 e. The van der Waals surface area contributed by atoms with Gasteiger partial charge >= 0.3 is 5.63 Å². The van der Waals surface area contributed by atoms with Gasteiger partial charge in [0.15, 0.2) is 0 Å². The molecule has 0 bridgehead atoms. The lowest BCUT2D eigenvalue weighted by molar-refractivity contribution is 0.396. The molecule has 0 radical (unpaired) electrons. The second-order valence-electron chi connectivity index (χ2n) is 6.81. The third kappa shape index (κ3) is 3.61. The Bertz CT molecular complexity index is 1220. The van der Waals surface area contributed by atoms with E-state index in [-0.39, 0.29) is 0 Å². The Balaban J connectivity index is 1.91. The van der Waals surface area contributed by atoms with Crippen molar-refractivity contribution in [1.29, 1.82) is 0 Å². The Morgan fingerprint density at radius 2 is 1.59 bits per heavy atom. The molecule has 4 nitrogen and oxygen atoms in total. The van der Waals surface area contributed by atoms with Crippen molar-refractivity contribution in [1.82, 2.24) is 0 Å². The minimum atomic E-state index is -0.416. The first kappa shape index (κ1) is 18.8. The highest BCUT2D eigenvalue weighted by Gasteiger charge is 2.15. The Hall–Kier alpha value is -3.53. The van der Waals surface area contributed by atoms with Crippen LogP contribution in [0.1, 0.15) is 12.5 Å². The summed E-state index contributed by atoms with van der Waals surface area (Å²) in [6.45, 7) is 2.14. The number of fused-ring (bicyclic) bond motifs is 1. The van der Waals surface area contributed by atoms with Gasteiger partial charge in [0.25, 0.3) is 0 Å². The highest BCUT2D eigenvalue weighted by Crippen LogP contribution is 2.38. The maximum atomic E-state index is 12.3. The molecule has 1 heterocycles. The van der Waals surface area contributed by atoms with Crippen LogP contribution < -0.4 is 15.1 Å². The van der Waals surface area contributed by atoms with Crippen molar-refractivity contribution in [3.63, 3.8) is 0 Å². The Morgan fingerprint density at radius 1 is 0.828 bits per heavy atom. The molecule has 29 heavy (non-hydrogen) atoms. The van der Waals surface area contributed by atoms with Gasteiger partial charge in [-0.3, -0.25) is 0 Å². The predicted octanol–water partition coefficient (Wildman–Crippen LogP) is 5.71. The third-order valence-corrected chi connectivity index (χ3v) is 5.11. The summed E-state index contributed by atoms with van der Waals surface area (Å²) in [6, 6.07) is 21.7. The Labute approximate surface area is 169 Å². The van der Waals surface area contributed by atoms with Gasteiger partial charge in [-0.15, -0.1) is 0 Å². The maximum Gasteiger partial charge on any atom is 0.336 e. The molecule has 0 atom stereocenters. The zero-order valence-electron chi connectivity index (χ0n) is 16.7. The summed E-state index contributed by atoms with van der Waals surface area (Å²) in [5.74, 6) is 1.16. The van der Waals surface area contributed by atoms with Crippen molar-refractivity contribution < 1.29 is 13.9 Å². The second-order valence-corrected chi connectivity index (χ2v) is 6.81. The zero-order valence-corrected chi connectivity index (χ0v) is 16.7. The highest BCUT2D eigenvalue weighted by molar-refractivity contribution is 5.99. The number of ether oxygens (including phenoxy) is 2. The fraction of sp³-hybridized carbons (Fsp3) is 0.160. The normalized spacial score (nSPS) is 10.9. The van der Waals surface area contributed by atoms with Crippen molar-refractivity contribution in [2.75, 3.05) is 14.2 Å². The standard InChI is InChI=1S/C25H22O4/c1-4-16-8-10-17(11-9-16)18-6-5-7-19(12-18)21-15-24(26)29-23-14-20(27-2)13-22(28-3)25(21)23/h5-15H,4H2,1-3H3. The topological polar surface area (TPSA) is 48.7 Å². The first-order valence-corrected chi connectivity index (χ1v) is 9.52. The molecule has 0 aliphatic heterocycles. The van der Waals surface area contributed by atoms with E-state index in [0.717, 1.165) is 34.1 Å². The number of rotatable bonds is 5. The lowest BCUT2D eigenvalue weighted by Crippen LogP contribution is -2.00. The Morgan fingerprint density at radius 3 is 2.28 bits per heavy atom. The molecule has 0 unspecified atom stereocenters.